The number of thiol groups is 1. The molecule has 0 bridgehead atoms. The predicted molar refractivity (Wildman–Crippen MR) is 85.5 cm³/mol. The minimum absolute atomic E-state index is 0.430. The molecule has 0 spiro atoms. The van der Waals surface area contributed by atoms with Gasteiger partial charge in [-0.1, -0.05) is 13.0 Å². The van der Waals surface area contributed by atoms with Crippen LogP contribution < -0.4 is 0 Å². The van der Waals surface area contributed by atoms with Gasteiger partial charge in [-0.05, 0) is 85.0 Å². The van der Waals surface area contributed by atoms with Crippen LogP contribution >= 0.6 is 12.6 Å². The number of benzene rings is 1. The zero-order valence-corrected chi connectivity index (χ0v) is 13.1. The van der Waals surface area contributed by atoms with E-state index in [1.165, 1.54) is 43.2 Å². The Balaban J connectivity index is 1.71. The molecule has 2 heteroatoms. The predicted octanol–water partition coefficient (Wildman–Crippen LogP) is 4.55. The van der Waals surface area contributed by atoms with E-state index in [4.69, 9.17) is 12.6 Å². The molecule has 2 fully saturated rings. The van der Waals surface area contributed by atoms with E-state index in [0.29, 0.717) is 16.4 Å². The maximum atomic E-state index is 9.70. The van der Waals surface area contributed by atoms with E-state index < -0.39 is 0 Å². The summed E-state index contributed by atoms with van der Waals surface area (Å²) in [6, 6.07) is 6.07. The molecule has 2 saturated carbocycles. The van der Waals surface area contributed by atoms with Crippen molar-refractivity contribution in [3.05, 3.63) is 29.3 Å². The fraction of sp³-hybridized carbons (Fsp3) is 0.667. The first-order valence-electron chi connectivity index (χ1n) is 8.09. The van der Waals surface area contributed by atoms with Crippen LogP contribution in [-0.4, -0.2) is 10.4 Å². The number of fused-ring (bicyclic) bond motifs is 5. The van der Waals surface area contributed by atoms with E-state index in [-0.39, 0.29) is 0 Å². The summed E-state index contributed by atoms with van der Waals surface area (Å²) >= 11 is 4.89. The zero-order chi connectivity index (χ0) is 13.9. The largest absolute Gasteiger partial charge is 0.508 e. The SMILES string of the molecule is C[C@]12CC[C@@H]3c4ccc(O)cc4CC[C@@H]3[C@@H]1CC[C@@H]2S. The van der Waals surface area contributed by atoms with E-state index in [1.807, 2.05) is 12.1 Å². The molecule has 0 amide bonds. The maximum Gasteiger partial charge on any atom is 0.115 e. The molecule has 1 aromatic rings. The first kappa shape index (κ1) is 13.1. The minimum Gasteiger partial charge on any atom is -0.508 e. The van der Waals surface area contributed by atoms with Gasteiger partial charge >= 0.3 is 0 Å². The number of hydrogen-bond acceptors (Lipinski definition) is 2. The maximum absolute atomic E-state index is 9.70. The first-order valence-corrected chi connectivity index (χ1v) is 8.61. The van der Waals surface area contributed by atoms with Crippen LogP contribution in [0.4, 0.5) is 0 Å². The van der Waals surface area contributed by atoms with Crippen molar-refractivity contribution >= 4 is 12.6 Å². The highest BCUT2D eigenvalue weighted by Crippen LogP contribution is 2.62. The Morgan fingerprint density at radius 2 is 2.05 bits per heavy atom. The molecule has 0 radical (unpaired) electrons. The van der Waals surface area contributed by atoms with Crippen LogP contribution in [0.5, 0.6) is 5.75 Å². The standard InChI is InChI=1S/C18H24OS/c1-18-9-8-14-13-5-3-12(19)10-11(13)2-4-15(14)16(18)6-7-17(18)20/h3,5,10,14-17,19-20H,2,4,6-9H2,1H3/t14-,15+,16+,17+,18+/m1/s1. The Morgan fingerprint density at radius 1 is 1.20 bits per heavy atom. The number of rotatable bonds is 0. The number of phenolic OH excluding ortho intramolecular Hbond substituents is 1. The molecule has 3 aliphatic carbocycles. The normalized spacial score (nSPS) is 42.7. The molecule has 0 unspecified atom stereocenters. The highest BCUT2D eigenvalue weighted by atomic mass is 32.1. The molecule has 1 N–H and O–H groups in total. The Labute approximate surface area is 127 Å². The van der Waals surface area contributed by atoms with Crippen molar-refractivity contribution in [1.29, 1.82) is 0 Å². The van der Waals surface area contributed by atoms with Crippen molar-refractivity contribution in [3.63, 3.8) is 0 Å². The van der Waals surface area contributed by atoms with Gasteiger partial charge in [0.2, 0.25) is 0 Å². The fourth-order valence-corrected chi connectivity index (χ4v) is 6.01. The summed E-state index contributed by atoms with van der Waals surface area (Å²) < 4.78 is 0. The van der Waals surface area contributed by atoms with Gasteiger partial charge in [0.15, 0.2) is 0 Å². The lowest BCUT2D eigenvalue weighted by atomic mass is 9.56. The number of hydrogen-bond donors (Lipinski definition) is 2. The van der Waals surface area contributed by atoms with Crippen molar-refractivity contribution in [2.24, 2.45) is 17.3 Å². The van der Waals surface area contributed by atoms with Gasteiger partial charge in [0.25, 0.3) is 0 Å². The van der Waals surface area contributed by atoms with Gasteiger partial charge < -0.3 is 5.11 Å². The second kappa shape index (κ2) is 4.43. The van der Waals surface area contributed by atoms with E-state index in [0.717, 1.165) is 24.2 Å². The van der Waals surface area contributed by atoms with Crippen molar-refractivity contribution in [3.8, 4) is 5.75 Å². The van der Waals surface area contributed by atoms with E-state index >= 15 is 0 Å². The first-order chi connectivity index (χ1) is 9.59. The lowest BCUT2D eigenvalue weighted by Crippen LogP contribution is -2.42. The lowest BCUT2D eigenvalue weighted by molar-refractivity contribution is 0.0633. The number of phenols is 1. The summed E-state index contributed by atoms with van der Waals surface area (Å²) in [7, 11) is 0. The molecule has 4 rings (SSSR count). The molecular formula is C18H24OS. The molecule has 0 heterocycles. The Morgan fingerprint density at radius 3 is 2.90 bits per heavy atom. The third kappa shape index (κ3) is 1.70. The molecule has 1 aromatic carbocycles. The summed E-state index contributed by atoms with van der Waals surface area (Å²) in [5.41, 5.74) is 3.40. The molecule has 20 heavy (non-hydrogen) atoms. The lowest BCUT2D eigenvalue weighted by Gasteiger charge is -2.50. The third-order valence-electron chi connectivity index (χ3n) is 6.66. The smallest absolute Gasteiger partial charge is 0.115 e. The summed E-state index contributed by atoms with van der Waals surface area (Å²) in [6.45, 7) is 2.49. The van der Waals surface area contributed by atoms with Crippen LogP contribution in [0.1, 0.15) is 56.1 Å². The molecular weight excluding hydrogens is 264 g/mol. The molecule has 1 nitrogen and oxygen atoms in total. The monoisotopic (exact) mass is 288 g/mol. The van der Waals surface area contributed by atoms with Crippen LogP contribution in [0.25, 0.3) is 0 Å². The van der Waals surface area contributed by atoms with Gasteiger partial charge in [-0.15, -0.1) is 0 Å². The second-order valence-electron chi connectivity index (χ2n) is 7.44. The molecule has 0 aromatic heterocycles. The average Bonchev–Trinajstić information content (AvgIpc) is 2.74. The van der Waals surface area contributed by atoms with Gasteiger partial charge in [-0.3, -0.25) is 0 Å². The van der Waals surface area contributed by atoms with Crippen LogP contribution in [0, 0.1) is 17.3 Å². The van der Waals surface area contributed by atoms with Crippen LogP contribution in [0.2, 0.25) is 0 Å². The number of aryl methyl sites for hydroxylation is 1. The topological polar surface area (TPSA) is 20.2 Å². The van der Waals surface area contributed by atoms with E-state index in [2.05, 4.69) is 13.0 Å². The van der Waals surface area contributed by atoms with Crippen molar-refractivity contribution < 1.29 is 5.11 Å². The van der Waals surface area contributed by atoms with Gasteiger partial charge in [0, 0.05) is 5.25 Å². The second-order valence-corrected chi connectivity index (χ2v) is 8.06. The Bertz CT molecular complexity index is 540. The van der Waals surface area contributed by atoms with Crippen molar-refractivity contribution in [2.45, 2.75) is 56.6 Å². The number of aromatic hydroxyl groups is 1. The van der Waals surface area contributed by atoms with Crippen molar-refractivity contribution in [2.75, 3.05) is 0 Å². The summed E-state index contributed by atoms with van der Waals surface area (Å²) in [4.78, 5) is 0. The van der Waals surface area contributed by atoms with Crippen molar-refractivity contribution in [1.82, 2.24) is 0 Å². The summed E-state index contributed by atoms with van der Waals surface area (Å²) in [5, 5.41) is 10.3. The highest BCUT2D eigenvalue weighted by Gasteiger charge is 2.53. The Hall–Kier alpha value is -0.630. The van der Waals surface area contributed by atoms with Crippen LogP contribution in [0.15, 0.2) is 18.2 Å². The molecule has 0 saturated heterocycles. The average molecular weight is 288 g/mol. The quantitative estimate of drug-likeness (QED) is 0.671. The fourth-order valence-electron chi connectivity index (χ4n) is 5.54. The van der Waals surface area contributed by atoms with Gasteiger partial charge in [-0.2, -0.15) is 12.6 Å². The molecule has 0 aliphatic heterocycles. The molecule has 3 aliphatic rings. The van der Waals surface area contributed by atoms with E-state index in [1.54, 1.807) is 0 Å². The van der Waals surface area contributed by atoms with Crippen LogP contribution in [0.3, 0.4) is 0 Å². The molecule has 108 valence electrons. The molecule has 5 atom stereocenters. The third-order valence-corrected chi connectivity index (χ3v) is 7.51. The zero-order valence-electron chi connectivity index (χ0n) is 12.2. The van der Waals surface area contributed by atoms with Gasteiger partial charge in [0.05, 0.1) is 0 Å². The van der Waals surface area contributed by atoms with E-state index in [9.17, 15) is 5.11 Å². The van der Waals surface area contributed by atoms with Gasteiger partial charge in [-0.25, -0.2) is 0 Å². The summed E-state index contributed by atoms with van der Waals surface area (Å²) in [5.74, 6) is 2.88. The Kier molecular flexibility index (Phi) is 2.89. The minimum atomic E-state index is 0.430. The summed E-state index contributed by atoms with van der Waals surface area (Å²) in [6.07, 6.45) is 7.77. The van der Waals surface area contributed by atoms with Gasteiger partial charge in [0.1, 0.15) is 5.75 Å². The highest BCUT2D eigenvalue weighted by molar-refractivity contribution is 7.81. The van der Waals surface area contributed by atoms with Crippen LogP contribution in [-0.2, 0) is 6.42 Å².